The van der Waals surface area contributed by atoms with Crippen LogP contribution in [-0.4, -0.2) is 26.3 Å². The fraction of sp³-hybridized carbons (Fsp3) is 0.462. The van der Waals surface area contributed by atoms with E-state index in [4.69, 9.17) is 9.47 Å². The average Bonchev–Trinajstić information content (AvgIpc) is 2.27. The number of fused-ring (bicyclic) bond motifs is 1. The van der Waals surface area contributed by atoms with E-state index in [0.29, 0.717) is 13.2 Å². The van der Waals surface area contributed by atoms with Crippen LogP contribution in [0.5, 0.6) is 11.5 Å². The van der Waals surface area contributed by atoms with E-state index in [0.717, 1.165) is 22.8 Å². The quantitative estimate of drug-likeness (QED) is 0.521. The van der Waals surface area contributed by atoms with Crippen LogP contribution < -0.4 is 9.47 Å². The molecule has 2 heterocycles. The molecule has 90 valence electrons. The van der Waals surface area contributed by atoms with Crippen LogP contribution >= 0.6 is 0 Å². The number of aryl methyl sites for hydroxylation is 1. The third-order valence-electron chi connectivity index (χ3n) is 2.32. The second-order valence-electron chi connectivity index (χ2n) is 5.11. The maximum Gasteiger partial charge on any atom is 0.183 e. The zero-order valence-corrected chi connectivity index (χ0v) is 11.8. The van der Waals surface area contributed by atoms with Gasteiger partial charge in [-0.15, -0.1) is 5.54 Å². The number of pyridine rings is 1. The van der Waals surface area contributed by atoms with Gasteiger partial charge in [-0.05, 0) is 6.92 Å². The molecule has 0 unspecified atom stereocenters. The summed E-state index contributed by atoms with van der Waals surface area (Å²) in [6, 6.07) is 0. The van der Waals surface area contributed by atoms with Gasteiger partial charge < -0.3 is 9.47 Å². The summed E-state index contributed by atoms with van der Waals surface area (Å²) < 4.78 is 11.2. The molecule has 3 nitrogen and oxygen atoms in total. The van der Waals surface area contributed by atoms with Crippen molar-refractivity contribution in [3.63, 3.8) is 0 Å². The topological polar surface area (TPSA) is 31.4 Å². The van der Waals surface area contributed by atoms with Crippen molar-refractivity contribution in [3.8, 4) is 23.0 Å². The molecule has 0 radical (unpaired) electrons. The molecule has 1 aliphatic rings. The van der Waals surface area contributed by atoms with E-state index in [1.165, 1.54) is 0 Å². The Balaban J connectivity index is 2.44. The summed E-state index contributed by atoms with van der Waals surface area (Å²) in [7, 11) is -1.38. The number of aromatic nitrogens is 1. The van der Waals surface area contributed by atoms with Crippen LogP contribution in [0.2, 0.25) is 19.6 Å². The highest BCUT2D eigenvalue weighted by atomic mass is 28.3. The molecule has 0 aromatic carbocycles. The SMILES string of the molecule is Cc1ncc(C#C[Si](C)(C)C)c2c1OCCO2. The van der Waals surface area contributed by atoms with Gasteiger partial charge in [0, 0.05) is 6.20 Å². The van der Waals surface area contributed by atoms with Gasteiger partial charge in [-0.1, -0.05) is 25.6 Å². The molecule has 4 heteroatoms. The van der Waals surface area contributed by atoms with E-state index in [2.05, 4.69) is 36.1 Å². The van der Waals surface area contributed by atoms with Gasteiger partial charge >= 0.3 is 0 Å². The summed E-state index contributed by atoms with van der Waals surface area (Å²) in [5.74, 6) is 4.69. The Labute approximate surface area is 103 Å². The Morgan fingerprint density at radius 1 is 1.18 bits per heavy atom. The summed E-state index contributed by atoms with van der Waals surface area (Å²) in [5, 5.41) is 0. The van der Waals surface area contributed by atoms with Crippen LogP contribution in [-0.2, 0) is 0 Å². The first-order valence-electron chi connectivity index (χ1n) is 5.76. The van der Waals surface area contributed by atoms with Gasteiger partial charge in [0.1, 0.15) is 21.3 Å². The minimum atomic E-state index is -1.38. The minimum absolute atomic E-state index is 0.581. The normalized spacial score (nSPS) is 13.9. The van der Waals surface area contributed by atoms with Gasteiger partial charge in [-0.2, -0.15) is 0 Å². The van der Waals surface area contributed by atoms with Crippen molar-refractivity contribution in [1.82, 2.24) is 4.98 Å². The molecule has 0 atom stereocenters. The molecule has 0 saturated carbocycles. The van der Waals surface area contributed by atoms with Crippen molar-refractivity contribution in [1.29, 1.82) is 0 Å². The van der Waals surface area contributed by atoms with Crippen LogP contribution in [0, 0.1) is 18.4 Å². The van der Waals surface area contributed by atoms with Crippen LogP contribution in [0.4, 0.5) is 0 Å². The van der Waals surface area contributed by atoms with Crippen molar-refractivity contribution >= 4 is 8.07 Å². The highest BCUT2D eigenvalue weighted by Crippen LogP contribution is 2.35. The molecule has 0 spiro atoms. The van der Waals surface area contributed by atoms with Crippen molar-refractivity contribution in [2.45, 2.75) is 26.6 Å². The fourth-order valence-corrected chi connectivity index (χ4v) is 2.02. The first-order chi connectivity index (χ1) is 7.97. The Morgan fingerprint density at radius 3 is 2.47 bits per heavy atom. The van der Waals surface area contributed by atoms with Crippen LogP contribution in [0.3, 0.4) is 0 Å². The molecular formula is C13H17NO2Si. The molecule has 2 rings (SSSR count). The van der Waals surface area contributed by atoms with E-state index in [-0.39, 0.29) is 0 Å². The van der Waals surface area contributed by atoms with Gasteiger partial charge in [0.2, 0.25) is 0 Å². The molecule has 0 bridgehead atoms. The molecule has 0 N–H and O–H groups in total. The van der Waals surface area contributed by atoms with Gasteiger partial charge in [0.15, 0.2) is 11.5 Å². The Morgan fingerprint density at radius 2 is 1.82 bits per heavy atom. The fourth-order valence-electron chi connectivity index (χ4n) is 1.51. The molecule has 0 amide bonds. The Kier molecular flexibility index (Phi) is 3.12. The lowest BCUT2D eigenvalue weighted by molar-refractivity contribution is 0.169. The number of hydrogen-bond acceptors (Lipinski definition) is 3. The Bertz CT molecular complexity index is 495. The second-order valence-corrected chi connectivity index (χ2v) is 9.86. The lowest BCUT2D eigenvalue weighted by Gasteiger charge is -2.20. The highest BCUT2D eigenvalue weighted by Gasteiger charge is 2.18. The summed E-state index contributed by atoms with van der Waals surface area (Å²) in [4.78, 5) is 4.30. The van der Waals surface area contributed by atoms with Crippen LogP contribution in [0.1, 0.15) is 11.3 Å². The number of nitrogens with zero attached hydrogens (tertiary/aromatic N) is 1. The molecule has 0 fully saturated rings. The zero-order chi connectivity index (χ0) is 12.5. The summed E-state index contributed by atoms with van der Waals surface area (Å²) in [6.07, 6.45) is 1.77. The monoisotopic (exact) mass is 247 g/mol. The van der Waals surface area contributed by atoms with Crippen molar-refractivity contribution in [3.05, 3.63) is 17.5 Å². The lowest BCUT2D eigenvalue weighted by atomic mass is 10.2. The molecule has 0 aliphatic carbocycles. The minimum Gasteiger partial charge on any atom is -0.485 e. The van der Waals surface area contributed by atoms with Crippen molar-refractivity contribution in [2.24, 2.45) is 0 Å². The first kappa shape index (κ1) is 12.0. The summed E-state index contributed by atoms with van der Waals surface area (Å²) in [6.45, 7) is 9.73. The maximum absolute atomic E-state index is 5.65. The molecule has 1 aromatic rings. The van der Waals surface area contributed by atoms with Crippen LogP contribution in [0.25, 0.3) is 0 Å². The first-order valence-corrected chi connectivity index (χ1v) is 9.26. The number of ether oxygens (including phenoxy) is 2. The van der Waals surface area contributed by atoms with E-state index in [1.807, 2.05) is 6.92 Å². The average molecular weight is 247 g/mol. The largest absolute Gasteiger partial charge is 0.485 e. The van der Waals surface area contributed by atoms with Gasteiger partial charge in [-0.3, -0.25) is 4.98 Å². The highest BCUT2D eigenvalue weighted by molar-refractivity contribution is 6.83. The van der Waals surface area contributed by atoms with E-state index in [1.54, 1.807) is 6.20 Å². The van der Waals surface area contributed by atoms with E-state index in [9.17, 15) is 0 Å². The molecule has 17 heavy (non-hydrogen) atoms. The third-order valence-corrected chi connectivity index (χ3v) is 3.19. The molecule has 0 saturated heterocycles. The summed E-state index contributed by atoms with van der Waals surface area (Å²) in [5.41, 5.74) is 5.02. The summed E-state index contributed by atoms with van der Waals surface area (Å²) >= 11 is 0. The predicted molar refractivity (Wildman–Crippen MR) is 70.2 cm³/mol. The lowest BCUT2D eigenvalue weighted by Crippen LogP contribution is -2.18. The van der Waals surface area contributed by atoms with Gasteiger partial charge in [-0.25, -0.2) is 0 Å². The van der Waals surface area contributed by atoms with E-state index < -0.39 is 8.07 Å². The Hall–Kier alpha value is -1.47. The predicted octanol–water partition coefficient (Wildman–Crippen LogP) is 2.39. The maximum atomic E-state index is 5.65. The van der Waals surface area contributed by atoms with Crippen molar-refractivity contribution in [2.75, 3.05) is 13.2 Å². The van der Waals surface area contributed by atoms with Gasteiger partial charge in [0.05, 0.1) is 11.3 Å². The third kappa shape index (κ3) is 2.80. The number of hydrogen-bond donors (Lipinski definition) is 0. The molecule has 1 aromatic heterocycles. The van der Waals surface area contributed by atoms with Gasteiger partial charge in [0.25, 0.3) is 0 Å². The standard InChI is InChI=1S/C13H17NO2Si/c1-10-12-13(16-7-6-15-12)11(9-14-10)5-8-17(2,3)4/h9H,6-7H2,1-4H3. The van der Waals surface area contributed by atoms with E-state index >= 15 is 0 Å². The second kappa shape index (κ2) is 4.42. The van der Waals surface area contributed by atoms with Crippen molar-refractivity contribution < 1.29 is 9.47 Å². The zero-order valence-electron chi connectivity index (χ0n) is 10.8. The molecular weight excluding hydrogens is 230 g/mol. The number of rotatable bonds is 0. The molecule has 1 aliphatic heterocycles. The van der Waals surface area contributed by atoms with Crippen LogP contribution in [0.15, 0.2) is 6.20 Å². The smallest absolute Gasteiger partial charge is 0.183 e.